The summed E-state index contributed by atoms with van der Waals surface area (Å²) in [5.41, 5.74) is 2.15. The number of carbonyl (C=O) groups excluding carboxylic acids is 2. The number of carbonyl (C=O) groups is 2. The van der Waals surface area contributed by atoms with Crippen LogP contribution in [0, 0.1) is 0 Å². The Morgan fingerprint density at radius 1 is 1.09 bits per heavy atom. The zero-order chi connectivity index (χ0) is 16.4. The number of hydrogen-bond donors (Lipinski definition) is 0. The van der Waals surface area contributed by atoms with E-state index in [9.17, 15) is 9.59 Å². The second-order valence-electron chi connectivity index (χ2n) is 5.08. The summed E-state index contributed by atoms with van der Waals surface area (Å²) in [4.78, 5) is 24.9. The smallest absolute Gasteiger partial charge is 0.267 e. The molecule has 0 saturated heterocycles. The summed E-state index contributed by atoms with van der Waals surface area (Å²) in [5.74, 6) is -0.860. The first-order valence-corrected chi connectivity index (χ1v) is 7.41. The lowest BCUT2D eigenvalue weighted by molar-refractivity contribution is -0.123. The molecule has 0 atom stereocenters. The van der Waals surface area contributed by atoms with Crippen molar-refractivity contribution in [2.75, 3.05) is 0 Å². The lowest BCUT2D eigenvalue weighted by Crippen LogP contribution is -2.29. The predicted octanol–water partition coefficient (Wildman–Crippen LogP) is 3.78. The van der Waals surface area contributed by atoms with Crippen LogP contribution in [0.15, 0.2) is 65.3 Å². The highest BCUT2D eigenvalue weighted by molar-refractivity contribution is 6.31. The quantitative estimate of drug-likeness (QED) is 0.623. The van der Waals surface area contributed by atoms with Crippen molar-refractivity contribution in [1.29, 1.82) is 0 Å². The van der Waals surface area contributed by atoms with Gasteiger partial charge in [-0.15, -0.1) is 0 Å². The van der Waals surface area contributed by atoms with Gasteiger partial charge in [0.15, 0.2) is 0 Å². The van der Waals surface area contributed by atoms with Gasteiger partial charge in [-0.25, -0.2) is 0 Å². The van der Waals surface area contributed by atoms with Gasteiger partial charge in [0, 0.05) is 10.6 Å². The minimum absolute atomic E-state index is 0.400. The van der Waals surface area contributed by atoms with E-state index >= 15 is 0 Å². The monoisotopic (exact) mass is 324 g/mol. The summed E-state index contributed by atoms with van der Waals surface area (Å²) < 4.78 is 0. The van der Waals surface area contributed by atoms with E-state index < -0.39 is 11.8 Å². The summed E-state index contributed by atoms with van der Waals surface area (Å²) >= 11 is 5.85. The van der Waals surface area contributed by atoms with E-state index in [4.69, 9.17) is 11.6 Å². The minimum Gasteiger partial charge on any atom is -0.267 e. The molecule has 1 aliphatic rings. The zero-order valence-electron chi connectivity index (χ0n) is 12.4. The first kappa shape index (κ1) is 15.2. The number of rotatable bonds is 2. The Morgan fingerprint density at radius 3 is 2.39 bits per heavy atom. The molecule has 114 valence electrons. The molecule has 0 aromatic heterocycles. The fraction of sp³-hybridized carbons (Fsp3) is 0.0556. The van der Waals surface area contributed by atoms with Gasteiger partial charge in [-0.3, -0.25) is 9.59 Å². The summed E-state index contributed by atoms with van der Waals surface area (Å²) in [6.45, 7) is 1.71. The first-order valence-electron chi connectivity index (χ1n) is 7.03. The maximum absolute atomic E-state index is 12.5. The van der Waals surface area contributed by atoms with E-state index in [-0.39, 0.29) is 0 Å². The highest BCUT2D eigenvalue weighted by atomic mass is 35.5. The van der Waals surface area contributed by atoms with E-state index in [1.165, 1.54) is 0 Å². The molecule has 0 N–H and O–H groups in total. The Labute approximate surface area is 138 Å². The Hall–Kier alpha value is -2.72. The number of amides is 2. The standard InChI is InChI=1S/C18H13ClN2O2/c1-12-16(11-13-7-9-15(19)10-8-13)18(23)21(20-12)17(22)14-5-3-2-4-6-14/h2-11H,1H3/b16-11+. The van der Waals surface area contributed by atoms with Gasteiger partial charge in [0.25, 0.3) is 11.8 Å². The van der Waals surface area contributed by atoms with E-state index in [1.807, 2.05) is 6.07 Å². The van der Waals surface area contributed by atoms with Crippen LogP contribution in [0.1, 0.15) is 22.8 Å². The maximum atomic E-state index is 12.5. The van der Waals surface area contributed by atoms with Gasteiger partial charge >= 0.3 is 0 Å². The summed E-state index contributed by atoms with van der Waals surface area (Å²) in [5, 5.41) is 5.63. The van der Waals surface area contributed by atoms with Crippen molar-refractivity contribution >= 4 is 35.2 Å². The lowest BCUT2D eigenvalue weighted by atomic mass is 10.1. The molecule has 0 unspecified atom stereocenters. The number of halogens is 1. The predicted molar refractivity (Wildman–Crippen MR) is 90.2 cm³/mol. The van der Waals surface area contributed by atoms with Crippen molar-refractivity contribution in [3.05, 3.63) is 76.3 Å². The van der Waals surface area contributed by atoms with E-state index in [0.29, 0.717) is 21.9 Å². The second-order valence-corrected chi connectivity index (χ2v) is 5.52. The Bertz CT molecular complexity index is 824. The van der Waals surface area contributed by atoms with Crippen molar-refractivity contribution < 1.29 is 9.59 Å². The SMILES string of the molecule is CC1=NN(C(=O)c2ccccc2)C(=O)/C1=C/c1ccc(Cl)cc1. The lowest BCUT2D eigenvalue weighted by Gasteiger charge is -2.09. The molecule has 3 rings (SSSR count). The van der Waals surface area contributed by atoms with Crippen molar-refractivity contribution in [2.45, 2.75) is 6.92 Å². The van der Waals surface area contributed by atoms with Gasteiger partial charge in [0.1, 0.15) is 0 Å². The van der Waals surface area contributed by atoms with Gasteiger partial charge in [0.05, 0.1) is 11.3 Å². The van der Waals surface area contributed by atoms with Crippen LogP contribution in [0.2, 0.25) is 5.02 Å². The van der Waals surface area contributed by atoms with E-state index in [1.54, 1.807) is 61.5 Å². The Kier molecular flexibility index (Phi) is 4.08. The molecule has 1 aliphatic heterocycles. The normalized spacial score (nSPS) is 15.9. The molecule has 0 bridgehead atoms. The minimum atomic E-state index is -0.436. The third kappa shape index (κ3) is 3.07. The fourth-order valence-corrected chi connectivity index (χ4v) is 2.38. The third-order valence-electron chi connectivity index (χ3n) is 3.46. The number of benzene rings is 2. The van der Waals surface area contributed by atoms with Crippen LogP contribution in [0.4, 0.5) is 0 Å². The molecule has 5 heteroatoms. The molecule has 0 spiro atoms. The van der Waals surface area contributed by atoms with Crippen molar-refractivity contribution in [1.82, 2.24) is 5.01 Å². The van der Waals surface area contributed by atoms with Gasteiger partial charge in [-0.05, 0) is 42.8 Å². The van der Waals surface area contributed by atoms with Gasteiger partial charge in [-0.2, -0.15) is 10.1 Å². The first-order chi connectivity index (χ1) is 11.1. The molecule has 23 heavy (non-hydrogen) atoms. The number of nitrogens with zero attached hydrogens (tertiary/aromatic N) is 2. The van der Waals surface area contributed by atoms with Crippen LogP contribution in [0.3, 0.4) is 0 Å². The van der Waals surface area contributed by atoms with Crippen LogP contribution < -0.4 is 0 Å². The second kappa shape index (κ2) is 6.18. The number of imide groups is 1. The average molecular weight is 325 g/mol. The summed E-state index contributed by atoms with van der Waals surface area (Å²) in [6.07, 6.45) is 1.70. The Morgan fingerprint density at radius 2 is 1.74 bits per heavy atom. The number of hydrogen-bond acceptors (Lipinski definition) is 3. The highest BCUT2D eigenvalue weighted by Crippen LogP contribution is 2.21. The molecule has 0 radical (unpaired) electrons. The number of hydrazone groups is 1. The van der Waals surface area contributed by atoms with Crippen LogP contribution >= 0.6 is 11.6 Å². The average Bonchev–Trinajstić information content (AvgIpc) is 2.85. The zero-order valence-corrected chi connectivity index (χ0v) is 13.1. The van der Waals surface area contributed by atoms with Gasteiger partial charge in [-0.1, -0.05) is 41.9 Å². The molecular formula is C18H13ClN2O2. The third-order valence-corrected chi connectivity index (χ3v) is 3.71. The molecule has 4 nitrogen and oxygen atoms in total. The van der Waals surface area contributed by atoms with Crippen molar-refractivity contribution in [2.24, 2.45) is 5.10 Å². The molecule has 2 aromatic carbocycles. The maximum Gasteiger partial charge on any atom is 0.283 e. The molecule has 0 fully saturated rings. The largest absolute Gasteiger partial charge is 0.283 e. The van der Waals surface area contributed by atoms with Crippen LogP contribution in [-0.4, -0.2) is 22.5 Å². The highest BCUT2D eigenvalue weighted by Gasteiger charge is 2.32. The molecular weight excluding hydrogens is 312 g/mol. The van der Waals surface area contributed by atoms with Crippen LogP contribution in [0.25, 0.3) is 6.08 Å². The molecule has 2 aromatic rings. The summed E-state index contributed by atoms with van der Waals surface area (Å²) in [7, 11) is 0. The Balaban J connectivity index is 1.90. The molecule has 1 heterocycles. The van der Waals surface area contributed by atoms with Gasteiger partial charge in [0.2, 0.25) is 0 Å². The van der Waals surface area contributed by atoms with Crippen LogP contribution in [0.5, 0.6) is 0 Å². The van der Waals surface area contributed by atoms with E-state index in [2.05, 4.69) is 5.10 Å². The van der Waals surface area contributed by atoms with Crippen molar-refractivity contribution in [3.63, 3.8) is 0 Å². The molecule has 0 aliphatic carbocycles. The molecule has 0 saturated carbocycles. The topological polar surface area (TPSA) is 49.7 Å². The van der Waals surface area contributed by atoms with E-state index in [0.717, 1.165) is 10.6 Å². The van der Waals surface area contributed by atoms with Gasteiger partial charge < -0.3 is 0 Å². The summed E-state index contributed by atoms with van der Waals surface area (Å²) in [6, 6.07) is 15.7. The van der Waals surface area contributed by atoms with Crippen LogP contribution in [-0.2, 0) is 4.79 Å². The fourth-order valence-electron chi connectivity index (χ4n) is 2.25. The van der Waals surface area contributed by atoms with Crippen molar-refractivity contribution in [3.8, 4) is 0 Å². The molecule has 2 amide bonds.